The van der Waals surface area contributed by atoms with Gasteiger partial charge in [-0.1, -0.05) is 103 Å². The predicted molar refractivity (Wildman–Crippen MR) is 188 cm³/mol. The lowest BCUT2D eigenvalue weighted by Gasteiger charge is -2.37. The number of hydrogen-bond donors (Lipinski definition) is 0. The number of rotatable bonds is 11. The number of aldehydes is 1. The van der Waals surface area contributed by atoms with Gasteiger partial charge in [0.2, 0.25) is 5.78 Å². The number of Topliss-reactive ketones (excluding diaryl/α,β-unsaturated/α-hetero) is 1. The normalized spacial score (nSPS) is 16.4. The van der Waals surface area contributed by atoms with Crippen LogP contribution in [0.1, 0.15) is 47.2 Å². The SMILES string of the molecule is CN(C)Cc1cnccc1CN1CN(c2ccc(C(c3ccccc3)(c3ccccc3)c3ccccc3)cc2)C(C(=O)C=O)C1(C)C. The van der Waals surface area contributed by atoms with Gasteiger partial charge in [0.25, 0.3) is 0 Å². The summed E-state index contributed by atoms with van der Waals surface area (Å²) < 4.78 is 0. The first-order chi connectivity index (χ1) is 22.8. The Morgan fingerprint density at radius 3 is 1.79 bits per heavy atom. The molecule has 6 nitrogen and oxygen atoms in total. The second-order valence-corrected chi connectivity index (χ2v) is 13.2. The summed E-state index contributed by atoms with van der Waals surface area (Å²) >= 11 is 0. The van der Waals surface area contributed by atoms with Crippen LogP contribution in [0.4, 0.5) is 5.69 Å². The maximum absolute atomic E-state index is 13.4. The molecular formula is C41H42N4O2. The molecule has 6 rings (SSSR count). The van der Waals surface area contributed by atoms with Crippen LogP contribution in [0.3, 0.4) is 0 Å². The van der Waals surface area contributed by atoms with Crippen LogP contribution < -0.4 is 4.90 Å². The number of ketones is 1. The van der Waals surface area contributed by atoms with Gasteiger partial charge >= 0.3 is 0 Å². The maximum atomic E-state index is 13.4. The number of anilines is 1. The molecule has 1 aliphatic heterocycles. The van der Waals surface area contributed by atoms with Crippen molar-refractivity contribution >= 4 is 17.8 Å². The summed E-state index contributed by atoms with van der Waals surface area (Å²) in [6.07, 6.45) is 4.22. The molecule has 4 aromatic carbocycles. The number of hydrogen-bond acceptors (Lipinski definition) is 6. The molecule has 0 amide bonds. The summed E-state index contributed by atoms with van der Waals surface area (Å²) in [4.78, 5) is 36.3. The highest BCUT2D eigenvalue weighted by atomic mass is 16.2. The van der Waals surface area contributed by atoms with Crippen molar-refractivity contribution in [2.45, 2.75) is 43.9 Å². The first-order valence-electron chi connectivity index (χ1n) is 16.1. The highest BCUT2D eigenvalue weighted by Gasteiger charge is 2.50. The molecule has 1 unspecified atom stereocenters. The zero-order valence-electron chi connectivity index (χ0n) is 27.6. The van der Waals surface area contributed by atoms with Crippen molar-refractivity contribution in [3.8, 4) is 0 Å². The van der Waals surface area contributed by atoms with Gasteiger partial charge in [-0.25, -0.2) is 0 Å². The van der Waals surface area contributed by atoms with Gasteiger partial charge < -0.3 is 9.80 Å². The molecule has 1 atom stereocenters. The molecule has 0 saturated carbocycles. The van der Waals surface area contributed by atoms with E-state index in [1.165, 1.54) is 16.7 Å². The van der Waals surface area contributed by atoms with E-state index in [0.29, 0.717) is 19.5 Å². The minimum atomic E-state index is -0.632. The first-order valence-corrected chi connectivity index (χ1v) is 16.1. The van der Waals surface area contributed by atoms with Crippen LogP contribution in [0.15, 0.2) is 134 Å². The largest absolute Gasteiger partial charge is 0.346 e. The number of nitrogens with zero attached hydrogens (tertiary/aromatic N) is 4. The molecule has 1 saturated heterocycles. The van der Waals surface area contributed by atoms with E-state index >= 15 is 0 Å². The molecule has 0 bridgehead atoms. The summed E-state index contributed by atoms with van der Waals surface area (Å²) in [6, 6.07) is 41.8. The molecule has 2 heterocycles. The van der Waals surface area contributed by atoms with Crippen molar-refractivity contribution in [3.05, 3.63) is 167 Å². The number of benzene rings is 4. The number of pyridine rings is 1. The fourth-order valence-corrected chi connectivity index (χ4v) is 7.32. The Hall–Kier alpha value is -4.91. The number of carbonyl (C=O) groups is 2. The Morgan fingerprint density at radius 1 is 0.787 bits per heavy atom. The van der Waals surface area contributed by atoms with E-state index in [9.17, 15) is 9.59 Å². The van der Waals surface area contributed by atoms with Crippen LogP contribution in [-0.2, 0) is 28.1 Å². The summed E-state index contributed by atoms with van der Waals surface area (Å²) in [5, 5.41) is 0. The summed E-state index contributed by atoms with van der Waals surface area (Å²) in [5.41, 5.74) is 6.65. The molecule has 1 aromatic heterocycles. The van der Waals surface area contributed by atoms with E-state index < -0.39 is 22.8 Å². The third-order valence-electron chi connectivity index (χ3n) is 9.61. The Balaban J connectivity index is 1.43. The van der Waals surface area contributed by atoms with Crippen molar-refractivity contribution in [2.75, 3.05) is 25.7 Å². The Morgan fingerprint density at radius 2 is 1.30 bits per heavy atom. The van der Waals surface area contributed by atoms with Crippen LogP contribution in [0.5, 0.6) is 0 Å². The zero-order valence-corrected chi connectivity index (χ0v) is 27.6. The van der Waals surface area contributed by atoms with Crippen molar-refractivity contribution in [1.29, 1.82) is 0 Å². The summed E-state index contributed by atoms with van der Waals surface area (Å²) in [7, 11) is 4.09. The van der Waals surface area contributed by atoms with Gasteiger partial charge in [-0.05, 0) is 79.5 Å². The lowest BCUT2D eigenvalue weighted by molar-refractivity contribution is -0.131. The van der Waals surface area contributed by atoms with E-state index in [-0.39, 0.29) is 0 Å². The molecule has 1 aliphatic rings. The Bertz CT molecular complexity index is 1710. The highest BCUT2D eigenvalue weighted by Crippen LogP contribution is 2.46. The van der Waals surface area contributed by atoms with Gasteiger partial charge in [0.05, 0.1) is 12.1 Å². The molecule has 0 spiro atoms. The fourth-order valence-electron chi connectivity index (χ4n) is 7.32. The zero-order chi connectivity index (χ0) is 33.0. The summed E-state index contributed by atoms with van der Waals surface area (Å²) in [6.45, 7) is 6.03. The van der Waals surface area contributed by atoms with Crippen LogP contribution in [-0.4, -0.2) is 59.2 Å². The van der Waals surface area contributed by atoms with Gasteiger partial charge in [0, 0.05) is 36.7 Å². The average molecular weight is 623 g/mol. The quantitative estimate of drug-likeness (QED) is 0.0926. The topological polar surface area (TPSA) is 56.8 Å². The monoisotopic (exact) mass is 622 g/mol. The average Bonchev–Trinajstić information content (AvgIpc) is 3.36. The van der Waals surface area contributed by atoms with Gasteiger partial charge in [-0.3, -0.25) is 19.5 Å². The van der Waals surface area contributed by atoms with Gasteiger partial charge in [-0.2, -0.15) is 0 Å². The van der Waals surface area contributed by atoms with E-state index in [1.807, 2.05) is 44.7 Å². The molecular weight excluding hydrogens is 580 g/mol. The van der Waals surface area contributed by atoms with Crippen LogP contribution in [0, 0.1) is 0 Å². The van der Waals surface area contributed by atoms with Crippen molar-refractivity contribution in [3.63, 3.8) is 0 Å². The minimum absolute atomic E-state index is 0.419. The molecule has 238 valence electrons. The second kappa shape index (κ2) is 13.4. The molecule has 0 N–H and O–H groups in total. The maximum Gasteiger partial charge on any atom is 0.219 e. The molecule has 6 heteroatoms. The Labute approximate surface area is 278 Å². The van der Waals surface area contributed by atoms with Crippen molar-refractivity contribution < 1.29 is 9.59 Å². The standard InChI is InChI=1S/C41H42N4O2/c1-40(2)39(38(47)29-46)45(30-44(40)28-31-24-25-42-26-32(31)27-43(3)4)37-22-20-36(21-23-37)41(33-14-8-5-9-15-33,34-16-10-6-11-17-34)35-18-12-7-13-19-35/h5-26,29,39H,27-28,30H2,1-4H3. The Kier molecular flexibility index (Phi) is 9.17. The van der Waals surface area contributed by atoms with E-state index in [1.54, 1.807) is 0 Å². The van der Waals surface area contributed by atoms with Gasteiger partial charge in [0.15, 0.2) is 6.29 Å². The van der Waals surface area contributed by atoms with Crippen LogP contribution in [0.25, 0.3) is 0 Å². The van der Waals surface area contributed by atoms with Crippen molar-refractivity contribution in [1.82, 2.24) is 14.8 Å². The molecule has 47 heavy (non-hydrogen) atoms. The van der Waals surface area contributed by atoms with Crippen LogP contribution >= 0.6 is 0 Å². The van der Waals surface area contributed by atoms with Gasteiger partial charge in [0.1, 0.15) is 6.04 Å². The number of carbonyl (C=O) groups excluding carboxylic acids is 2. The fraction of sp³-hybridized carbons (Fsp3) is 0.244. The third-order valence-corrected chi connectivity index (χ3v) is 9.61. The van der Waals surface area contributed by atoms with E-state index in [0.717, 1.165) is 28.9 Å². The predicted octanol–water partition coefficient (Wildman–Crippen LogP) is 6.72. The minimum Gasteiger partial charge on any atom is -0.346 e. The highest BCUT2D eigenvalue weighted by molar-refractivity contribution is 6.28. The lowest BCUT2D eigenvalue weighted by Crippen LogP contribution is -2.51. The smallest absolute Gasteiger partial charge is 0.219 e. The summed E-state index contributed by atoms with van der Waals surface area (Å²) in [5.74, 6) is -0.419. The molecule has 0 radical (unpaired) electrons. The second-order valence-electron chi connectivity index (χ2n) is 13.2. The first kappa shape index (κ1) is 32.0. The van der Waals surface area contributed by atoms with E-state index in [4.69, 9.17) is 0 Å². The third kappa shape index (κ3) is 6.02. The molecule has 5 aromatic rings. The number of aromatic nitrogens is 1. The van der Waals surface area contributed by atoms with E-state index in [2.05, 4.69) is 137 Å². The molecule has 1 fully saturated rings. The van der Waals surface area contributed by atoms with Gasteiger partial charge in [-0.15, -0.1) is 0 Å². The molecule has 0 aliphatic carbocycles. The van der Waals surface area contributed by atoms with Crippen LogP contribution in [0.2, 0.25) is 0 Å². The van der Waals surface area contributed by atoms with Crippen molar-refractivity contribution in [2.24, 2.45) is 0 Å². The lowest BCUT2D eigenvalue weighted by atomic mass is 9.65.